The maximum Gasteiger partial charge on any atom is 0.338 e. The van der Waals surface area contributed by atoms with E-state index in [1.54, 1.807) is 6.92 Å². The number of nitrogens with one attached hydrogen (secondary N) is 1. The number of halogens is 1. The highest BCUT2D eigenvalue weighted by atomic mass is 19.1. The van der Waals surface area contributed by atoms with Gasteiger partial charge in [-0.2, -0.15) is 0 Å². The molecular weight excluding hydrogens is 375 g/mol. The third-order valence-electron chi connectivity index (χ3n) is 3.34. The van der Waals surface area contributed by atoms with Crippen LogP contribution in [-0.4, -0.2) is 36.0 Å². The van der Waals surface area contributed by atoms with E-state index in [1.165, 1.54) is 12.1 Å². The van der Waals surface area contributed by atoms with Crippen LogP contribution in [0, 0.1) is 15.9 Å². The van der Waals surface area contributed by atoms with Gasteiger partial charge < -0.3 is 14.8 Å². The number of hydrogen-bond donors (Lipinski definition) is 1. The average Bonchev–Trinajstić information content (AvgIpc) is 2.67. The molecule has 2 aromatic carbocycles. The lowest BCUT2D eigenvalue weighted by atomic mass is 10.1. The van der Waals surface area contributed by atoms with Gasteiger partial charge in [-0.05, 0) is 37.3 Å². The normalized spacial score (nSPS) is 10.1. The Bertz CT molecular complexity index is 913. The number of esters is 2. The number of amides is 1. The lowest BCUT2D eigenvalue weighted by Crippen LogP contribution is -2.21. The molecule has 2 aromatic rings. The lowest BCUT2D eigenvalue weighted by molar-refractivity contribution is -0.384. The summed E-state index contributed by atoms with van der Waals surface area (Å²) in [4.78, 5) is 46.0. The van der Waals surface area contributed by atoms with Crippen LogP contribution in [-0.2, 0) is 14.3 Å². The molecule has 0 saturated carbocycles. The van der Waals surface area contributed by atoms with Crippen LogP contribution >= 0.6 is 0 Å². The Morgan fingerprint density at radius 2 is 1.61 bits per heavy atom. The number of carbonyl (C=O) groups excluding carboxylic acids is 3. The fourth-order valence-electron chi connectivity index (χ4n) is 2.11. The molecule has 146 valence electrons. The summed E-state index contributed by atoms with van der Waals surface area (Å²) in [5.74, 6) is -3.05. The first-order valence-electron chi connectivity index (χ1n) is 7.99. The third-order valence-corrected chi connectivity index (χ3v) is 3.34. The first-order chi connectivity index (χ1) is 13.3. The number of rotatable bonds is 7. The third kappa shape index (κ3) is 5.59. The van der Waals surface area contributed by atoms with Gasteiger partial charge in [0.25, 0.3) is 11.6 Å². The molecule has 0 radical (unpaired) electrons. The number of hydrogen-bond acceptors (Lipinski definition) is 7. The quantitative estimate of drug-likeness (QED) is 0.438. The van der Waals surface area contributed by atoms with E-state index in [-0.39, 0.29) is 17.7 Å². The van der Waals surface area contributed by atoms with E-state index in [2.05, 4.69) is 5.32 Å². The van der Waals surface area contributed by atoms with Crippen molar-refractivity contribution in [1.29, 1.82) is 0 Å². The van der Waals surface area contributed by atoms with Crippen molar-refractivity contribution in [2.24, 2.45) is 0 Å². The van der Waals surface area contributed by atoms with Gasteiger partial charge in [0.15, 0.2) is 6.61 Å². The molecule has 0 saturated heterocycles. The number of carbonyl (C=O) groups is 3. The standard InChI is InChI=1S/C18H15FN2O7/c1-2-27-17(23)11-7-12(9-15(8-11)21(25)26)18(24)28-10-16(22)20-14-5-3-13(19)4-6-14/h3-9H,2,10H2,1H3,(H,20,22). The molecule has 2 rings (SSSR count). The Morgan fingerprint density at radius 3 is 2.14 bits per heavy atom. The molecule has 1 amide bonds. The SMILES string of the molecule is CCOC(=O)c1cc(C(=O)OCC(=O)Nc2ccc(F)cc2)cc([N+](=O)[O-])c1. The molecule has 0 bridgehead atoms. The fraction of sp³-hybridized carbons (Fsp3) is 0.167. The maximum absolute atomic E-state index is 12.8. The molecule has 10 heteroatoms. The number of benzene rings is 2. The minimum atomic E-state index is -1.04. The summed E-state index contributed by atoms with van der Waals surface area (Å²) in [6.45, 7) is 0.919. The summed E-state index contributed by atoms with van der Waals surface area (Å²) in [5.41, 5.74) is -0.693. The Morgan fingerprint density at radius 1 is 1.04 bits per heavy atom. The van der Waals surface area contributed by atoms with E-state index in [9.17, 15) is 28.9 Å². The number of nitrogens with zero attached hydrogens (tertiary/aromatic N) is 1. The van der Waals surface area contributed by atoms with Crippen LogP contribution in [0.4, 0.5) is 15.8 Å². The highest BCUT2D eigenvalue weighted by Crippen LogP contribution is 2.19. The molecule has 0 spiro atoms. The molecule has 0 heterocycles. The summed E-state index contributed by atoms with van der Waals surface area (Å²) in [6.07, 6.45) is 0. The molecule has 0 aliphatic rings. The van der Waals surface area contributed by atoms with Crippen LogP contribution in [0.15, 0.2) is 42.5 Å². The highest BCUT2D eigenvalue weighted by Gasteiger charge is 2.20. The largest absolute Gasteiger partial charge is 0.462 e. The van der Waals surface area contributed by atoms with Gasteiger partial charge in [0.2, 0.25) is 0 Å². The molecule has 0 aromatic heterocycles. The summed E-state index contributed by atoms with van der Waals surface area (Å²) in [5, 5.41) is 13.4. The van der Waals surface area contributed by atoms with Crippen molar-refractivity contribution in [2.45, 2.75) is 6.92 Å². The molecule has 9 nitrogen and oxygen atoms in total. The number of ether oxygens (including phenoxy) is 2. The highest BCUT2D eigenvalue weighted by molar-refractivity contribution is 5.98. The van der Waals surface area contributed by atoms with E-state index >= 15 is 0 Å². The smallest absolute Gasteiger partial charge is 0.338 e. The monoisotopic (exact) mass is 390 g/mol. The van der Waals surface area contributed by atoms with Crippen LogP contribution in [0.3, 0.4) is 0 Å². The van der Waals surface area contributed by atoms with E-state index in [1.807, 2.05) is 0 Å². The van der Waals surface area contributed by atoms with Crippen molar-refractivity contribution in [3.63, 3.8) is 0 Å². The van der Waals surface area contributed by atoms with Crippen LogP contribution in [0.1, 0.15) is 27.6 Å². The zero-order valence-corrected chi connectivity index (χ0v) is 14.6. The Hall–Kier alpha value is -3.82. The molecule has 0 fully saturated rings. The molecule has 28 heavy (non-hydrogen) atoms. The topological polar surface area (TPSA) is 125 Å². The van der Waals surface area contributed by atoms with Crippen LogP contribution in [0.25, 0.3) is 0 Å². The van der Waals surface area contributed by atoms with Gasteiger partial charge in [-0.15, -0.1) is 0 Å². The van der Waals surface area contributed by atoms with Gasteiger partial charge >= 0.3 is 11.9 Å². The molecule has 0 aliphatic carbocycles. The first kappa shape index (κ1) is 20.5. The predicted molar refractivity (Wildman–Crippen MR) is 94.4 cm³/mol. The number of nitro benzene ring substituents is 1. The van der Waals surface area contributed by atoms with E-state index < -0.39 is 40.9 Å². The van der Waals surface area contributed by atoms with E-state index in [4.69, 9.17) is 9.47 Å². The molecule has 0 unspecified atom stereocenters. The predicted octanol–water partition coefficient (Wildman–Crippen LogP) is 2.71. The van der Waals surface area contributed by atoms with Gasteiger partial charge in [0, 0.05) is 17.8 Å². The second-order valence-corrected chi connectivity index (χ2v) is 5.38. The van der Waals surface area contributed by atoms with E-state index in [0.29, 0.717) is 5.69 Å². The van der Waals surface area contributed by atoms with Crippen LogP contribution < -0.4 is 5.32 Å². The lowest BCUT2D eigenvalue weighted by Gasteiger charge is -2.08. The minimum Gasteiger partial charge on any atom is -0.462 e. The Balaban J connectivity index is 2.07. The van der Waals surface area contributed by atoms with Crippen molar-refractivity contribution in [3.8, 4) is 0 Å². The first-order valence-corrected chi connectivity index (χ1v) is 7.99. The molecule has 0 atom stereocenters. The van der Waals surface area contributed by atoms with Gasteiger partial charge in [-0.1, -0.05) is 0 Å². The molecular formula is C18H15FN2O7. The van der Waals surface area contributed by atoms with Crippen LogP contribution in [0.2, 0.25) is 0 Å². The number of nitro groups is 1. The van der Waals surface area contributed by atoms with Crippen molar-refractivity contribution in [1.82, 2.24) is 0 Å². The average molecular weight is 390 g/mol. The van der Waals surface area contributed by atoms with Crippen molar-refractivity contribution in [3.05, 3.63) is 69.5 Å². The number of anilines is 1. The zero-order chi connectivity index (χ0) is 20.7. The van der Waals surface area contributed by atoms with E-state index in [0.717, 1.165) is 30.3 Å². The van der Waals surface area contributed by atoms with Gasteiger partial charge in [0.05, 0.1) is 22.7 Å². The van der Waals surface area contributed by atoms with Crippen molar-refractivity contribution in [2.75, 3.05) is 18.5 Å². The second kappa shape index (κ2) is 9.21. The van der Waals surface area contributed by atoms with Crippen molar-refractivity contribution < 1.29 is 33.2 Å². The second-order valence-electron chi connectivity index (χ2n) is 5.38. The zero-order valence-electron chi connectivity index (χ0n) is 14.6. The summed E-state index contributed by atoms with van der Waals surface area (Å²) >= 11 is 0. The van der Waals surface area contributed by atoms with Gasteiger partial charge in [-0.25, -0.2) is 14.0 Å². The Kier molecular flexibility index (Phi) is 6.74. The maximum atomic E-state index is 12.8. The van der Waals surface area contributed by atoms with Gasteiger partial charge in [-0.3, -0.25) is 14.9 Å². The van der Waals surface area contributed by atoms with Crippen LogP contribution in [0.5, 0.6) is 0 Å². The summed E-state index contributed by atoms with van der Waals surface area (Å²) < 4.78 is 22.4. The number of non-ortho nitro benzene ring substituents is 1. The Labute approximate surface area is 158 Å². The summed E-state index contributed by atoms with van der Waals surface area (Å²) in [6, 6.07) is 7.88. The van der Waals surface area contributed by atoms with Crippen molar-refractivity contribution >= 4 is 29.2 Å². The fourth-order valence-corrected chi connectivity index (χ4v) is 2.11. The van der Waals surface area contributed by atoms with Gasteiger partial charge in [0.1, 0.15) is 5.82 Å². The minimum absolute atomic E-state index is 0.0465. The molecule has 1 N–H and O–H groups in total. The summed E-state index contributed by atoms with van der Waals surface area (Å²) in [7, 11) is 0. The molecule has 0 aliphatic heterocycles.